The van der Waals surface area contributed by atoms with Gasteiger partial charge in [-0.15, -0.1) is 0 Å². The van der Waals surface area contributed by atoms with Gasteiger partial charge in [-0.1, -0.05) is 18.6 Å². The normalized spacial score (nSPS) is 35.0. The standard InChI is InChI=1S/C22H29NO2/c1-4-14-6-8-19-16-7-5-13-11-18(21(23)24)20(25-3)12-17(13)15(16)9-10-22(14,19)2/h4,11-12,15-16,19H,5-10H2,1-3H3,(H2,23,24)/b14-4+/t15?,16?,19?,22-/m1/s1. The maximum Gasteiger partial charge on any atom is 0.252 e. The van der Waals surface area contributed by atoms with Gasteiger partial charge in [-0.3, -0.25) is 4.79 Å². The van der Waals surface area contributed by atoms with Crippen molar-refractivity contribution in [1.82, 2.24) is 0 Å². The summed E-state index contributed by atoms with van der Waals surface area (Å²) in [5, 5.41) is 0. The van der Waals surface area contributed by atoms with Crippen LogP contribution >= 0.6 is 0 Å². The van der Waals surface area contributed by atoms with Crippen LogP contribution in [0, 0.1) is 17.3 Å². The first-order valence-electron chi connectivity index (χ1n) is 9.66. The van der Waals surface area contributed by atoms with Crippen molar-refractivity contribution in [1.29, 1.82) is 0 Å². The third-order valence-corrected chi connectivity index (χ3v) is 7.51. The number of carbonyl (C=O) groups is 1. The monoisotopic (exact) mass is 339 g/mol. The highest BCUT2D eigenvalue weighted by Gasteiger charge is 2.52. The van der Waals surface area contributed by atoms with Gasteiger partial charge in [0.2, 0.25) is 0 Å². The predicted molar refractivity (Wildman–Crippen MR) is 99.9 cm³/mol. The summed E-state index contributed by atoms with van der Waals surface area (Å²) in [6.07, 6.45) is 9.79. The van der Waals surface area contributed by atoms with Crippen LogP contribution in [0.3, 0.4) is 0 Å². The summed E-state index contributed by atoms with van der Waals surface area (Å²) in [6, 6.07) is 4.10. The summed E-state index contributed by atoms with van der Waals surface area (Å²) in [5.41, 5.74) is 10.9. The number of allylic oxidation sites excluding steroid dienone is 2. The van der Waals surface area contributed by atoms with E-state index in [4.69, 9.17) is 10.5 Å². The van der Waals surface area contributed by atoms with Crippen LogP contribution in [-0.2, 0) is 6.42 Å². The second-order valence-electron chi connectivity index (χ2n) is 8.34. The van der Waals surface area contributed by atoms with Gasteiger partial charge in [-0.05, 0) is 91.9 Å². The second-order valence-corrected chi connectivity index (χ2v) is 8.34. The Hall–Kier alpha value is -1.77. The Morgan fingerprint density at radius 2 is 2.08 bits per heavy atom. The minimum atomic E-state index is -0.397. The maximum absolute atomic E-state index is 11.7. The number of benzene rings is 1. The molecule has 2 fully saturated rings. The predicted octanol–water partition coefficient (Wildman–Crippen LogP) is 4.60. The molecule has 4 atom stereocenters. The van der Waals surface area contributed by atoms with Gasteiger partial charge in [-0.25, -0.2) is 0 Å². The third-order valence-electron chi connectivity index (χ3n) is 7.51. The van der Waals surface area contributed by atoms with Crippen LogP contribution in [0.1, 0.15) is 73.4 Å². The lowest BCUT2D eigenvalue weighted by molar-refractivity contribution is 0.0812. The van der Waals surface area contributed by atoms with E-state index in [1.807, 2.05) is 6.07 Å². The molecule has 134 valence electrons. The first-order valence-corrected chi connectivity index (χ1v) is 9.66. The van der Waals surface area contributed by atoms with Crippen LogP contribution in [-0.4, -0.2) is 13.0 Å². The average molecular weight is 339 g/mol. The fraction of sp³-hybridized carbons (Fsp3) is 0.591. The lowest BCUT2D eigenvalue weighted by atomic mass is 9.55. The first kappa shape index (κ1) is 16.7. The van der Waals surface area contributed by atoms with E-state index >= 15 is 0 Å². The van der Waals surface area contributed by atoms with Crippen LogP contribution in [0.4, 0.5) is 0 Å². The highest BCUT2D eigenvalue weighted by molar-refractivity contribution is 5.96. The molecule has 1 aromatic rings. The lowest BCUT2D eigenvalue weighted by Crippen LogP contribution is -2.40. The first-order chi connectivity index (χ1) is 12.0. The molecule has 2 saturated carbocycles. The molecule has 4 rings (SSSR count). The Labute approximate surface area is 150 Å². The molecule has 1 aromatic carbocycles. The molecule has 0 aliphatic heterocycles. The van der Waals surface area contributed by atoms with E-state index in [1.165, 1.54) is 43.2 Å². The molecule has 3 aliphatic carbocycles. The smallest absolute Gasteiger partial charge is 0.252 e. The molecule has 1 amide bonds. The molecule has 25 heavy (non-hydrogen) atoms. The minimum absolute atomic E-state index is 0.397. The zero-order valence-corrected chi connectivity index (χ0v) is 15.6. The fourth-order valence-electron chi connectivity index (χ4n) is 6.28. The molecule has 3 unspecified atom stereocenters. The van der Waals surface area contributed by atoms with Crippen LogP contribution in [0.2, 0.25) is 0 Å². The fourth-order valence-corrected chi connectivity index (χ4v) is 6.28. The highest BCUT2D eigenvalue weighted by Crippen LogP contribution is 2.62. The van der Waals surface area contributed by atoms with Gasteiger partial charge in [0.15, 0.2) is 0 Å². The Kier molecular flexibility index (Phi) is 3.93. The van der Waals surface area contributed by atoms with Gasteiger partial charge in [0, 0.05) is 0 Å². The number of nitrogens with two attached hydrogens (primary N) is 1. The van der Waals surface area contributed by atoms with Gasteiger partial charge in [-0.2, -0.15) is 0 Å². The Morgan fingerprint density at radius 1 is 1.28 bits per heavy atom. The number of carbonyl (C=O) groups excluding carboxylic acids is 1. The number of aryl methyl sites for hydroxylation is 1. The molecule has 2 N–H and O–H groups in total. The number of fused-ring (bicyclic) bond motifs is 5. The number of primary amides is 1. The Morgan fingerprint density at radius 3 is 2.76 bits per heavy atom. The maximum atomic E-state index is 11.7. The summed E-state index contributed by atoms with van der Waals surface area (Å²) in [4.78, 5) is 11.7. The Bertz CT molecular complexity index is 751. The summed E-state index contributed by atoms with van der Waals surface area (Å²) in [7, 11) is 1.63. The van der Waals surface area contributed by atoms with Gasteiger partial charge in [0.1, 0.15) is 5.75 Å². The van der Waals surface area contributed by atoms with Gasteiger partial charge in [0.25, 0.3) is 5.91 Å². The largest absolute Gasteiger partial charge is 0.496 e. The molecule has 3 heteroatoms. The van der Waals surface area contributed by atoms with Crippen LogP contribution in [0.5, 0.6) is 5.75 Å². The van der Waals surface area contributed by atoms with Crippen molar-refractivity contribution in [2.45, 2.75) is 58.3 Å². The van der Waals surface area contributed by atoms with Crippen LogP contribution < -0.4 is 10.5 Å². The molecule has 3 nitrogen and oxygen atoms in total. The van der Waals surface area contributed by atoms with E-state index in [1.54, 1.807) is 12.7 Å². The topological polar surface area (TPSA) is 52.3 Å². The molecule has 0 bridgehead atoms. The lowest BCUT2D eigenvalue weighted by Gasteiger charge is -2.49. The van der Waals surface area contributed by atoms with Crippen molar-refractivity contribution in [2.24, 2.45) is 23.0 Å². The molecule has 3 aliphatic rings. The van der Waals surface area contributed by atoms with Gasteiger partial charge >= 0.3 is 0 Å². The molecule has 0 radical (unpaired) electrons. The van der Waals surface area contributed by atoms with Crippen molar-refractivity contribution in [3.63, 3.8) is 0 Å². The van der Waals surface area contributed by atoms with E-state index in [2.05, 4.69) is 26.0 Å². The summed E-state index contributed by atoms with van der Waals surface area (Å²) < 4.78 is 5.48. The number of rotatable bonds is 2. The van der Waals surface area contributed by atoms with E-state index < -0.39 is 5.91 Å². The van der Waals surface area contributed by atoms with Crippen LogP contribution in [0.25, 0.3) is 0 Å². The van der Waals surface area contributed by atoms with Crippen LogP contribution in [0.15, 0.2) is 23.8 Å². The zero-order valence-electron chi connectivity index (χ0n) is 15.6. The van der Waals surface area contributed by atoms with Crippen molar-refractivity contribution in [3.8, 4) is 5.75 Å². The number of amides is 1. The number of hydrogen-bond acceptors (Lipinski definition) is 2. The Balaban J connectivity index is 1.74. The molecule has 0 saturated heterocycles. The molecular formula is C22H29NO2. The molecular weight excluding hydrogens is 310 g/mol. The van der Waals surface area contributed by atoms with E-state index in [0.29, 0.717) is 22.6 Å². The second kappa shape index (κ2) is 5.89. The van der Waals surface area contributed by atoms with E-state index in [9.17, 15) is 4.79 Å². The number of ether oxygens (including phenoxy) is 1. The van der Waals surface area contributed by atoms with Crippen molar-refractivity contribution in [2.75, 3.05) is 7.11 Å². The molecule has 0 spiro atoms. The van der Waals surface area contributed by atoms with Gasteiger partial charge < -0.3 is 10.5 Å². The molecule has 0 heterocycles. The quantitative estimate of drug-likeness (QED) is 0.801. The number of hydrogen-bond donors (Lipinski definition) is 1. The van der Waals surface area contributed by atoms with Crippen molar-refractivity contribution in [3.05, 3.63) is 40.5 Å². The van der Waals surface area contributed by atoms with E-state index in [-0.39, 0.29) is 0 Å². The third kappa shape index (κ3) is 2.35. The van der Waals surface area contributed by atoms with Gasteiger partial charge in [0.05, 0.1) is 12.7 Å². The molecule has 0 aromatic heterocycles. The highest BCUT2D eigenvalue weighted by atomic mass is 16.5. The SMILES string of the molecule is C/C=C1\CCC2C3CCc4cc(C(N)=O)c(OC)cc4C3CC[C@]12C. The van der Waals surface area contributed by atoms with Crippen molar-refractivity contribution >= 4 is 5.91 Å². The van der Waals surface area contributed by atoms with E-state index in [0.717, 1.165) is 18.3 Å². The minimum Gasteiger partial charge on any atom is -0.496 e. The summed E-state index contributed by atoms with van der Waals surface area (Å²) in [6.45, 7) is 4.71. The summed E-state index contributed by atoms with van der Waals surface area (Å²) >= 11 is 0. The van der Waals surface area contributed by atoms with Crippen molar-refractivity contribution < 1.29 is 9.53 Å². The average Bonchev–Trinajstić information content (AvgIpc) is 2.96. The summed E-state index contributed by atoms with van der Waals surface area (Å²) in [5.74, 6) is 2.40. The zero-order chi connectivity index (χ0) is 17.8. The number of methoxy groups -OCH3 is 1.